The summed E-state index contributed by atoms with van der Waals surface area (Å²) in [5, 5.41) is 22.9. The van der Waals surface area contributed by atoms with Crippen molar-refractivity contribution in [3.63, 3.8) is 0 Å². The zero-order valence-corrected chi connectivity index (χ0v) is 14.6. The van der Waals surface area contributed by atoms with Gasteiger partial charge < -0.3 is 20.4 Å². The Morgan fingerprint density at radius 1 is 1.46 bits per heavy atom. The second-order valence-corrected chi connectivity index (χ2v) is 7.84. The average Bonchev–Trinajstić information content (AvgIpc) is 2.75. The van der Waals surface area contributed by atoms with Crippen LogP contribution in [0.2, 0.25) is 0 Å². The summed E-state index contributed by atoms with van der Waals surface area (Å²) in [6.45, 7) is 5.42. The summed E-state index contributed by atoms with van der Waals surface area (Å²) >= 11 is 0. The third-order valence-electron chi connectivity index (χ3n) is 5.50. The molecular weight excluding hydrogens is 306 g/mol. The summed E-state index contributed by atoms with van der Waals surface area (Å²) < 4.78 is 0. The van der Waals surface area contributed by atoms with Gasteiger partial charge in [-0.3, -0.25) is 9.78 Å². The lowest BCUT2D eigenvalue weighted by molar-refractivity contribution is -0.121. The lowest BCUT2D eigenvalue weighted by atomic mass is 9.66. The molecule has 1 aromatic heterocycles. The predicted octanol–water partition coefficient (Wildman–Crippen LogP) is 0.926. The zero-order chi connectivity index (χ0) is 17.5. The number of aliphatic hydroxyl groups is 1. The van der Waals surface area contributed by atoms with E-state index >= 15 is 0 Å². The van der Waals surface area contributed by atoms with E-state index in [-0.39, 0.29) is 29.5 Å². The van der Waals surface area contributed by atoms with Gasteiger partial charge in [-0.15, -0.1) is 0 Å². The Kier molecular flexibility index (Phi) is 4.53. The molecule has 2 unspecified atom stereocenters. The van der Waals surface area contributed by atoms with E-state index in [4.69, 9.17) is 0 Å². The summed E-state index contributed by atoms with van der Waals surface area (Å²) in [5.74, 6) is 0.443. The molecule has 1 aliphatic heterocycles. The van der Waals surface area contributed by atoms with Gasteiger partial charge in [0.1, 0.15) is 5.75 Å². The van der Waals surface area contributed by atoms with E-state index in [0.29, 0.717) is 17.5 Å². The molecule has 1 spiro atoms. The molecule has 2 fully saturated rings. The van der Waals surface area contributed by atoms with Gasteiger partial charge in [0.15, 0.2) is 0 Å². The lowest BCUT2D eigenvalue weighted by Gasteiger charge is -2.57. The van der Waals surface area contributed by atoms with Crippen molar-refractivity contribution in [3.05, 3.63) is 24.0 Å². The van der Waals surface area contributed by atoms with Gasteiger partial charge in [-0.1, -0.05) is 13.8 Å². The molecule has 1 amide bonds. The molecule has 2 heterocycles. The van der Waals surface area contributed by atoms with E-state index in [1.54, 1.807) is 6.20 Å². The standard InChI is InChI=1S/C18H27N3O3/c1-11(2)17-18(10-21(17)3)6-14(15(23)7-18)20-16(24)5-12-4-13(22)9-19-8-12/h4,8-9,11,14-15,17,22-23H,5-7,10H2,1-3H3,(H,20,24)/t14-,15-,17?,18?/m1/s1. The number of aliphatic hydroxyl groups excluding tert-OH is 1. The molecule has 2 aliphatic rings. The highest BCUT2D eigenvalue weighted by atomic mass is 16.3. The van der Waals surface area contributed by atoms with Gasteiger partial charge >= 0.3 is 0 Å². The monoisotopic (exact) mass is 333 g/mol. The predicted molar refractivity (Wildman–Crippen MR) is 90.5 cm³/mol. The van der Waals surface area contributed by atoms with E-state index in [9.17, 15) is 15.0 Å². The van der Waals surface area contributed by atoms with Crippen LogP contribution in [0.25, 0.3) is 0 Å². The Hall–Kier alpha value is -1.66. The summed E-state index contributed by atoms with van der Waals surface area (Å²) in [5.41, 5.74) is 0.783. The van der Waals surface area contributed by atoms with E-state index < -0.39 is 6.10 Å². The Morgan fingerprint density at radius 3 is 2.83 bits per heavy atom. The van der Waals surface area contributed by atoms with E-state index in [1.807, 2.05) is 0 Å². The van der Waals surface area contributed by atoms with Crippen LogP contribution in [0.15, 0.2) is 18.5 Å². The average molecular weight is 333 g/mol. The van der Waals surface area contributed by atoms with Crippen molar-refractivity contribution in [1.82, 2.24) is 15.2 Å². The molecule has 0 aromatic carbocycles. The molecule has 0 radical (unpaired) electrons. The van der Waals surface area contributed by atoms with Crippen LogP contribution in [0, 0.1) is 11.3 Å². The minimum absolute atomic E-state index is 0.0532. The minimum Gasteiger partial charge on any atom is -0.506 e. The normalized spacial score (nSPS) is 33.0. The van der Waals surface area contributed by atoms with E-state index in [2.05, 4.69) is 36.1 Å². The Balaban J connectivity index is 1.61. The van der Waals surface area contributed by atoms with Crippen molar-refractivity contribution in [2.24, 2.45) is 11.3 Å². The molecule has 6 heteroatoms. The molecule has 3 N–H and O–H groups in total. The molecular formula is C18H27N3O3. The Labute approximate surface area is 142 Å². The van der Waals surface area contributed by atoms with Crippen molar-refractivity contribution in [1.29, 1.82) is 0 Å². The number of likely N-dealkylation sites (tertiary alicyclic amines) is 1. The molecule has 3 rings (SSSR count). The molecule has 6 nitrogen and oxygen atoms in total. The number of carbonyl (C=O) groups excluding carboxylic acids is 1. The van der Waals surface area contributed by atoms with Gasteiger partial charge in [-0.25, -0.2) is 0 Å². The first kappa shape index (κ1) is 17.2. The third kappa shape index (κ3) is 3.13. The number of hydrogen-bond donors (Lipinski definition) is 3. The highest BCUT2D eigenvalue weighted by Gasteiger charge is 2.58. The molecule has 24 heavy (non-hydrogen) atoms. The first-order valence-corrected chi connectivity index (χ1v) is 8.61. The molecule has 1 saturated carbocycles. The molecule has 1 aromatic rings. The maximum atomic E-state index is 12.3. The van der Waals surface area contributed by atoms with Crippen molar-refractivity contribution in [2.75, 3.05) is 13.6 Å². The fourth-order valence-corrected chi connectivity index (χ4v) is 5.01. The molecule has 4 atom stereocenters. The summed E-state index contributed by atoms with van der Waals surface area (Å²) in [6.07, 6.45) is 4.15. The number of rotatable bonds is 4. The van der Waals surface area contributed by atoms with Crippen LogP contribution >= 0.6 is 0 Å². The number of aromatic hydroxyl groups is 1. The topological polar surface area (TPSA) is 85.7 Å². The van der Waals surface area contributed by atoms with Crippen molar-refractivity contribution in [3.8, 4) is 5.75 Å². The van der Waals surface area contributed by atoms with Crippen LogP contribution in [-0.4, -0.2) is 57.8 Å². The Morgan fingerprint density at radius 2 is 2.21 bits per heavy atom. The van der Waals surface area contributed by atoms with Crippen molar-refractivity contribution >= 4 is 5.91 Å². The lowest BCUT2D eigenvalue weighted by Crippen LogP contribution is -2.64. The van der Waals surface area contributed by atoms with E-state index in [1.165, 1.54) is 12.3 Å². The van der Waals surface area contributed by atoms with Crippen LogP contribution in [0.1, 0.15) is 32.3 Å². The molecule has 132 valence electrons. The maximum absolute atomic E-state index is 12.3. The van der Waals surface area contributed by atoms with Gasteiger partial charge in [0.2, 0.25) is 5.91 Å². The number of aromatic nitrogens is 1. The van der Waals surface area contributed by atoms with Crippen LogP contribution in [-0.2, 0) is 11.2 Å². The third-order valence-corrected chi connectivity index (χ3v) is 5.50. The summed E-state index contributed by atoms with van der Waals surface area (Å²) in [6, 6.07) is 1.80. The first-order valence-electron chi connectivity index (χ1n) is 8.61. The number of amides is 1. The summed E-state index contributed by atoms with van der Waals surface area (Å²) in [4.78, 5) is 18.5. The maximum Gasteiger partial charge on any atom is 0.224 e. The van der Waals surface area contributed by atoms with Crippen LogP contribution in [0.3, 0.4) is 0 Å². The van der Waals surface area contributed by atoms with Gasteiger partial charge in [0, 0.05) is 24.2 Å². The highest BCUT2D eigenvalue weighted by molar-refractivity contribution is 5.79. The van der Waals surface area contributed by atoms with Gasteiger partial charge in [0.25, 0.3) is 0 Å². The zero-order valence-electron chi connectivity index (χ0n) is 14.6. The second kappa shape index (κ2) is 6.33. The van der Waals surface area contributed by atoms with Crippen LogP contribution < -0.4 is 5.32 Å². The minimum atomic E-state index is -0.494. The quantitative estimate of drug-likeness (QED) is 0.763. The number of hydrogen-bond acceptors (Lipinski definition) is 5. The largest absolute Gasteiger partial charge is 0.506 e. The first-order chi connectivity index (χ1) is 11.3. The second-order valence-electron chi connectivity index (χ2n) is 7.84. The van der Waals surface area contributed by atoms with Gasteiger partial charge in [-0.05, 0) is 37.4 Å². The Bertz CT molecular complexity index is 617. The number of pyridine rings is 1. The fraction of sp³-hybridized carbons (Fsp3) is 0.667. The number of carbonyl (C=O) groups is 1. The van der Waals surface area contributed by atoms with Gasteiger partial charge in [0.05, 0.1) is 24.8 Å². The number of nitrogens with zero attached hydrogens (tertiary/aromatic N) is 2. The summed E-state index contributed by atoms with van der Waals surface area (Å²) in [7, 11) is 2.13. The van der Waals surface area contributed by atoms with Crippen molar-refractivity contribution < 1.29 is 15.0 Å². The number of nitrogens with one attached hydrogen (secondary N) is 1. The fourth-order valence-electron chi connectivity index (χ4n) is 5.01. The molecule has 1 aliphatic carbocycles. The van der Waals surface area contributed by atoms with Gasteiger partial charge in [-0.2, -0.15) is 0 Å². The molecule has 0 bridgehead atoms. The van der Waals surface area contributed by atoms with Crippen molar-refractivity contribution in [2.45, 2.75) is 51.3 Å². The van der Waals surface area contributed by atoms with E-state index in [0.717, 1.165) is 19.4 Å². The molecule has 1 saturated heterocycles. The van der Waals surface area contributed by atoms with Crippen LogP contribution in [0.4, 0.5) is 0 Å². The highest BCUT2D eigenvalue weighted by Crippen LogP contribution is 2.52. The smallest absolute Gasteiger partial charge is 0.224 e. The SMILES string of the molecule is CC(C)C1N(C)CC12C[C@@H](O)[C@H](NC(=O)Cc1cncc(O)c1)C2. The van der Waals surface area contributed by atoms with Crippen LogP contribution in [0.5, 0.6) is 5.75 Å².